The Hall–Kier alpha value is -1.27. The van der Waals surface area contributed by atoms with Crippen molar-refractivity contribution in [2.45, 2.75) is 38.7 Å². The van der Waals surface area contributed by atoms with E-state index in [0.717, 1.165) is 17.4 Å². The largest absolute Gasteiger partial charge is 0.490 e. The monoisotopic (exact) mass is 371 g/mol. The number of aliphatic imine (C=N–C) groups is 1. The van der Waals surface area contributed by atoms with Crippen LogP contribution in [0, 0.1) is 0 Å². The van der Waals surface area contributed by atoms with Gasteiger partial charge in [0, 0.05) is 6.54 Å². The van der Waals surface area contributed by atoms with Crippen molar-refractivity contribution in [2.24, 2.45) is 10.7 Å². The summed E-state index contributed by atoms with van der Waals surface area (Å²) in [4.78, 5) is 4.12. The number of halogens is 1. The molecule has 0 spiro atoms. The van der Waals surface area contributed by atoms with Crippen LogP contribution in [0.4, 0.5) is 0 Å². The van der Waals surface area contributed by atoms with Crippen LogP contribution in [0.15, 0.2) is 33.7 Å². The third-order valence-corrected chi connectivity index (χ3v) is 3.73. The highest BCUT2D eigenvalue weighted by Crippen LogP contribution is 2.23. The molecule has 1 aromatic rings. The zero-order valence-electron chi connectivity index (χ0n) is 13.1. The van der Waals surface area contributed by atoms with Gasteiger partial charge in [-0.2, -0.15) is 0 Å². The van der Waals surface area contributed by atoms with Crippen LogP contribution in [0.2, 0.25) is 0 Å². The first-order valence-electron chi connectivity index (χ1n) is 7.72. The molecule has 0 aliphatic heterocycles. The molecule has 0 heterocycles. The van der Waals surface area contributed by atoms with Crippen molar-refractivity contribution in [1.29, 1.82) is 0 Å². The number of hydrogen-bond acceptors (Lipinski definition) is 3. The Bertz CT molecular complexity index is 455. The number of hydrogen-bond donors (Lipinski definition) is 3. The molecule has 22 heavy (non-hydrogen) atoms. The van der Waals surface area contributed by atoms with Gasteiger partial charge < -0.3 is 20.9 Å². The van der Waals surface area contributed by atoms with Crippen molar-refractivity contribution in [1.82, 2.24) is 5.32 Å². The number of nitrogens with one attached hydrogen (secondary N) is 1. The van der Waals surface area contributed by atoms with Gasteiger partial charge in [0.15, 0.2) is 5.96 Å². The van der Waals surface area contributed by atoms with Gasteiger partial charge in [-0.1, -0.05) is 38.3 Å². The summed E-state index contributed by atoms with van der Waals surface area (Å²) in [5, 5.41) is 12.9. The first kappa shape index (κ1) is 18.8. The quantitative estimate of drug-likeness (QED) is 0.335. The van der Waals surface area contributed by atoms with Gasteiger partial charge in [0.25, 0.3) is 0 Å². The van der Waals surface area contributed by atoms with E-state index in [0.29, 0.717) is 11.7 Å². The number of benzene rings is 1. The van der Waals surface area contributed by atoms with Crippen LogP contribution in [-0.4, -0.2) is 36.9 Å². The second-order valence-electron chi connectivity index (χ2n) is 5.11. The number of unbranched alkanes of at least 4 members (excludes halogenated alkanes) is 3. The maximum atomic E-state index is 9.86. The number of para-hydroxylation sites is 1. The number of aliphatic hydroxyl groups excluding tert-OH is 1. The Morgan fingerprint density at radius 1 is 1.36 bits per heavy atom. The number of aliphatic hydroxyl groups is 1. The van der Waals surface area contributed by atoms with Gasteiger partial charge in [-0.15, -0.1) is 0 Å². The molecule has 6 heteroatoms. The number of rotatable bonds is 10. The lowest BCUT2D eigenvalue weighted by Gasteiger charge is -2.12. The second-order valence-corrected chi connectivity index (χ2v) is 5.96. The summed E-state index contributed by atoms with van der Waals surface area (Å²) in [5.74, 6) is 1.07. The van der Waals surface area contributed by atoms with E-state index < -0.39 is 6.10 Å². The standard InChI is InChI=1S/C16H26BrN3O2/c1-2-3-4-7-10-19-16(18)20-11-13(21)12-22-15-9-6-5-8-14(15)17/h5-6,8-9,13,21H,2-4,7,10-12H2,1H3,(H3,18,19,20). The fourth-order valence-electron chi connectivity index (χ4n) is 1.83. The van der Waals surface area contributed by atoms with Crippen LogP contribution in [0.25, 0.3) is 0 Å². The van der Waals surface area contributed by atoms with E-state index in [9.17, 15) is 5.11 Å². The van der Waals surface area contributed by atoms with Crippen molar-refractivity contribution in [3.8, 4) is 5.75 Å². The minimum absolute atomic E-state index is 0.176. The summed E-state index contributed by atoms with van der Waals surface area (Å²) in [6.07, 6.45) is 4.04. The van der Waals surface area contributed by atoms with Crippen LogP contribution in [0.5, 0.6) is 5.75 Å². The summed E-state index contributed by atoms with van der Waals surface area (Å²) in [5.41, 5.74) is 5.75. The molecule has 0 amide bonds. The van der Waals surface area contributed by atoms with Crippen molar-refractivity contribution >= 4 is 21.9 Å². The summed E-state index contributed by atoms with van der Waals surface area (Å²) in [6, 6.07) is 7.52. The molecule has 0 bridgehead atoms. The van der Waals surface area contributed by atoms with Gasteiger partial charge in [-0.25, -0.2) is 0 Å². The highest BCUT2D eigenvalue weighted by Gasteiger charge is 2.06. The number of guanidine groups is 1. The van der Waals surface area contributed by atoms with E-state index in [1.54, 1.807) is 0 Å². The maximum absolute atomic E-state index is 9.86. The molecule has 0 saturated carbocycles. The zero-order chi connectivity index (χ0) is 16.2. The topological polar surface area (TPSA) is 79.9 Å². The number of nitrogens with zero attached hydrogens (tertiary/aromatic N) is 1. The Labute approximate surface area is 141 Å². The molecule has 5 nitrogen and oxygen atoms in total. The first-order chi connectivity index (χ1) is 10.6. The second kappa shape index (κ2) is 11.3. The number of ether oxygens (including phenoxy) is 1. The third-order valence-electron chi connectivity index (χ3n) is 3.08. The molecule has 0 aliphatic carbocycles. The minimum atomic E-state index is -0.687. The van der Waals surface area contributed by atoms with E-state index in [2.05, 4.69) is 33.2 Å². The van der Waals surface area contributed by atoms with E-state index >= 15 is 0 Å². The van der Waals surface area contributed by atoms with Crippen LogP contribution < -0.4 is 15.8 Å². The van der Waals surface area contributed by atoms with Crippen molar-refractivity contribution < 1.29 is 9.84 Å². The Kier molecular flexibility index (Phi) is 9.66. The van der Waals surface area contributed by atoms with Crippen LogP contribution in [0.3, 0.4) is 0 Å². The highest BCUT2D eigenvalue weighted by molar-refractivity contribution is 9.10. The Morgan fingerprint density at radius 2 is 2.14 bits per heavy atom. The summed E-state index contributed by atoms with van der Waals surface area (Å²) in [7, 11) is 0. The molecule has 1 rings (SSSR count). The normalized spacial score (nSPS) is 13.0. The van der Waals surface area contributed by atoms with Gasteiger partial charge >= 0.3 is 0 Å². The predicted octanol–water partition coefficient (Wildman–Crippen LogP) is 2.67. The fourth-order valence-corrected chi connectivity index (χ4v) is 2.23. The summed E-state index contributed by atoms with van der Waals surface area (Å²) < 4.78 is 6.39. The van der Waals surface area contributed by atoms with E-state index in [1.165, 1.54) is 19.3 Å². The molecule has 0 saturated heterocycles. The smallest absolute Gasteiger partial charge is 0.188 e. The lowest BCUT2D eigenvalue weighted by Crippen LogP contribution is -2.34. The van der Waals surface area contributed by atoms with Gasteiger partial charge in [0.05, 0.1) is 11.0 Å². The summed E-state index contributed by atoms with van der Waals surface area (Å²) >= 11 is 3.39. The molecule has 1 atom stereocenters. The molecule has 1 unspecified atom stereocenters. The van der Waals surface area contributed by atoms with Crippen LogP contribution >= 0.6 is 15.9 Å². The molecule has 0 aliphatic rings. The van der Waals surface area contributed by atoms with Crippen molar-refractivity contribution in [2.75, 3.05) is 19.7 Å². The molecule has 0 aromatic heterocycles. The molecule has 0 radical (unpaired) electrons. The average Bonchev–Trinajstić information content (AvgIpc) is 2.52. The molecule has 0 fully saturated rings. The van der Waals surface area contributed by atoms with Gasteiger partial charge in [-0.3, -0.25) is 4.99 Å². The fraction of sp³-hybridized carbons (Fsp3) is 0.562. The molecular formula is C16H26BrN3O2. The SMILES string of the molecule is CCCCCCNC(N)=NCC(O)COc1ccccc1Br. The van der Waals surface area contributed by atoms with Crippen LogP contribution in [-0.2, 0) is 0 Å². The summed E-state index contributed by atoms with van der Waals surface area (Å²) in [6.45, 7) is 3.40. The first-order valence-corrected chi connectivity index (χ1v) is 8.52. The van der Waals surface area contributed by atoms with Crippen molar-refractivity contribution in [3.05, 3.63) is 28.7 Å². The third kappa shape index (κ3) is 8.24. The molecule has 4 N–H and O–H groups in total. The molecule has 1 aromatic carbocycles. The molecule has 124 valence electrons. The Balaban J connectivity index is 2.19. The maximum Gasteiger partial charge on any atom is 0.188 e. The lowest BCUT2D eigenvalue weighted by molar-refractivity contribution is 0.114. The lowest BCUT2D eigenvalue weighted by atomic mass is 10.2. The average molecular weight is 372 g/mol. The number of nitrogens with two attached hydrogens (primary N) is 1. The highest BCUT2D eigenvalue weighted by atomic mass is 79.9. The van der Waals surface area contributed by atoms with E-state index in [-0.39, 0.29) is 13.2 Å². The van der Waals surface area contributed by atoms with E-state index in [1.807, 2.05) is 24.3 Å². The van der Waals surface area contributed by atoms with Gasteiger partial charge in [0.2, 0.25) is 0 Å². The van der Waals surface area contributed by atoms with Crippen LogP contribution in [0.1, 0.15) is 32.6 Å². The van der Waals surface area contributed by atoms with E-state index in [4.69, 9.17) is 10.5 Å². The van der Waals surface area contributed by atoms with Gasteiger partial charge in [0.1, 0.15) is 18.5 Å². The van der Waals surface area contributed by atoms with Crippen molar-refractivity contribution in [3.63, 3.8) is 0 Å². The minimum Gasteiger partial charge on any atom is -0.490 e. The molecular weight excluding hydrogens is 346 g/mol. The zero-order valence-corrected chi connectivity index (χ0v) is 14.7. The predicted molar refractivity (Wildman–Crippen MR) is 94.3 cm³/mol. The van der Waals surface area contributed by atoms with Gasteiger partial charge in [-0.05, 0) is 34.5 Å². The Morgan fingerprint density at radius 3 is 2.86 bits per heavy atom.